The molecule has 16 heavy (non-hydrogen) atoms. The molecule has 0 aromatic carbocycles. The second-order valence-corrected chi connectivity index (χ2v) is 4.28. The Morgan fingerprint density at radius 2 is 2.38 bits per heavy atom. The molecule has 1 N–H and O–H groups in total. The monoisotopic (exact) mass is 218 g/mol. The van der Waals surface area contributed by atoms with Gasteiger partial charge in [0.25, 0.3) is 5.56 Å². The van der Waals surface area contributed by atoms with Crippen LogP contribution in [0.1, 0.15) is 38.1 Å². The predicted molar refractivity (Wildman–Crippen MR) is 60.4 cm³/mol. The molecule has 2 aromatic rings. The summed E-state index contributed by atoms with van der Waals surface area (Å²) < 4.78 is 1.91. The van der Waals surface area contributed by atoms with Gasteiger partial charge >= 0.3 is 0 Å². The summed E-state index contributed by atoms with van der Waals surface area (Å²) in [6, 6.07) is 0.441. The number of rotatable bonds is 2. The van der Waals surface area contributed by atoms with Crippen molar-refractivity contribution in [2.45, 2.75) is 38.6 Å². The van der Waals surface area contributed by atoms with Gasteiger partial charge in [-0.15, -0.1) is 0 Å². The molecule has 84 valence electrons. The number of nitrogens with one attached hydrogen (secondary N) is 1. The molecule has 0 atom stereocenters. The van der Waals surface area contributed by atoms with Gasteiger partial charge in [0.1, 0.15) is 11.2 Å². The number of aromatic nitrogens is 4. The van der Waals surface area contributed by atoms with E-state index in [4.69, 9.17) is 0 Å². The number of nitrogens with zero attached hydrogens (tertiary/aromatic N) is 3. The molecule has 0 saturated heterocycles. The Kier molecular flexibility index (Phi) is 2.05. The highest BCUT2D eigenvalue weighted by Gasteiger charge is 2.23. The van der Waals surface area contributed by atoms with Gasteiger partial charge in [0.15, 0.2) is 5.65 Å². The largest absolute Gasteiger partial charge is 0.310 e. The fraction of sp³-hybridized carbons (Fsp3) is 0.545. The lowest BCUT2D eigenvalue weighted by atomic mass is 9.93. The molecule has 1 aliphatic rings. The zero-order valence-corrected chi connectivity index (χ0v) is 9.23. The van der Waals surface area contributed by atoms with Crippen LogP contribution >= 0.6 is 0 Å². The Hall–Kier alpha value is -1.65. The van der Waals surface area contributed by atoms with Crippen molar-refractivity contribution in [3.8, 4) is 0 Å². The predicted octanol–water partition coefficient (Wildman–Crippen LogP) is 1.41. The molecule has 0 spiro atoms. The van der Waals surface area contributed by atoms with E-state index in [0.717, 1.165) is 30.7 Å². The molecule has 0 amide bonds. The summed E-state index contributed by atoms with van der Waals surface area (Å²) in [5, 5.41) is 4.89. The van der Waals surface area contributed by atoms with Crippen molar-refractivity contribution < 1.29 is 0 Å². The number of fused-ring (bicyclic) bond motifs is 1. The molecule has 0 aliphatic heterocycles. The molecule has 0 unspecified atom stereocenters. The van der Waals surface area contributed by atoms with Gasteiger partial charge < -0.3 is 4.98 Å². The highest BCUT2D eigenvalue weighted by Crippen LogP contribution is 2.32. The van der Waals surface area contributed by atoms with Crippen LogP contribution in [0.4, 0.5) is 0 Å². The van der Waals surface area contributed by atoms with Crippen molar-refractivity contribution in [2.24, 2.45) is 0 Å². The van der Waals surface area contributed by atoms with Crippen LogP contribution in [0, 0.1) is 0 Å². The molecule has 1 fully saturated rings. The summed E-state index contributed by atoms with van der Waals surface area (Å²) in [6.07, 6.45) is 5.90. The van der Waals surface area contributed by atoms with Crippen molar-refractivity contribution >= 4 is 11.0 Å². The maximum Gasteiger partial charge on any atom is 0.262 e. The van der Waals surface area contributed by atoms with Gasteiger partial charge in [-0.1, -0.05) is 6.92 Å². The minimum atomic E-state index is -0.0765. The van der Waals surface area contributed by atoms with E-state index < -0.39 is 0 Å². The zero-order valence-electron chi connectivity index (χ0n) is 9.23. The molecule has 0 radical (unpaired) electrons. The van der Waals surface area contributed by atoms with Gasteiger partial charge in [-0.3, -0.25) is 4.79 Å². The number of aromatic amines is 1. The van der Waals surface area contributed by atoms with Crippen LogP contribution in [0.15, 0.2) is 11.0 Å². The van der Waals surface area contributed by atoms with Crippen molar-refractivity contribution in [2.75, 3.05) is 0 Å². The summed E-state index contributed by atoms with van der Waals surface area (Å²) in [5.41, 5.74) is 0.665. The third-order valence-electron chi connectivity index (χ3n) is 3.27. The van der Waals surface area contributed by atoms with E-state index >= 15 is 0 Å². The summed E-state index contributed by atoms with van der Waals surface area (Å²) in [7, 11) is 0. The number of H-pyrrole nitrogens is 1. The van der Waals surface area contributed by atoms with Gasteiger partial charge in [0.2, 0.25) is 0 Å². The first-order valence-electron chi connectivity index (χ1n) is 5.76. The van der Waals surface area contributed by atoms with Crippen LogP contribution in [-0.4, -0.2) is 19.7 Å². The first kappa shape index (κ1) is 9.57. The third kappa shape index (κ3) is 1.27. The van der Waals surface area contributed by atoms with Crippen LogP contribution in [0.3, 0.4) is 0 Å². The average molecular weight is 218 g/mol. The third-order valence-corrected chi connectivity index (χ3v) is 3.27. The van der Waals surface area contributed by atoms with Crippen LogP contribution < -0.4 is 5.56 Å². The van der Waals surface area contributed by atoms with Crippen LogP contribution in [0.25, 0.3) is 11.0 Å². The Morgan fingerprint density at radius 1 is 1.56 bits per heavy atom. The van der Waals surface area contributed by atoms with Gasteiger partial charge in [-0.2, -0.15) is 5.10 Å². The Labute approximate surface area is 92.5 Å². The lowest BCUT2D eigenvalue weighted by Gasteiger charge is -2.25. The van der Waals surface area contributed by atoms with Gasteiger partial charge in [-0.05, 0) is 19.3 Å². The Morgan fingerprint density at radius 3 is 3.00 bits per heavy atom. The van der Waals surface area contributed by atoms with Crippen molar-refractivity contribution in [3.63, 3.8) is 0 Å². The van der Waals surface area contributed by atoms with Crippen molar-refractivity contribution in [3.05, 3.63) is 22.4 Å². The minimum absolute atomic E-state index is 0.0765. The quantitative estimate of drug-likeness (QED) is 0.828. The zero-order chi connectivity index (χ0) is 11.1. The lowest BCUT2D eigenvalue weighted by molar-refractivity contribution is 0.296. The van der Waals surface area contributed by atoms with Crippen LogP contribution in [-0.2, 0) is 6.42 Å². The molecule has 2 aromatic heterocycles. The lowest BCUT2D eigenvalue weighted by Crippen LogP contribution is -2.19. The molecule has 0 bridgehead atoms. The molecule has 1 saturated carbocycles. The Balaban J connectivity index is 2.23. The van der Waals surface area contributed by atoms with Gasteiger partial charge in [0, 0.05) is 6.42 Å². The van der Waals surface area contributed by atoms with E-state index in [1.807, 2.05) is 11.6 Å². The topological polar surface area (TPSA) is 63.6 Å². The number of hydrogen-bond acceptors (Lipinski definition) is 3. The second-order valence-electron chi connectivity index (χ2n) is 4.28. The van der Waals surface area contributed by atoms with E-state index in [1.165, 1.54) is 6.42 Å². The van der Waals surface area contributed by atoms with Gasteiger partial charge in [0.05, 0.1) is 12.2 Å². The maximum absolute atomic E-state index is 11.8. The molecule has 5 heteroatoms. The minimum Gasteiger partial charge on any atom is -0.310 e. The summed E-state index contributed by atoms with van der Waals surface area (Å²) in [4.78, 5) is 19.0. The van der Waals surface area contributed by atoms with E-state index in [9.17, 15) is 4.79 Å². The standard InChI is InChI=1S/C11H14N4O/c1-2-9-13-10-8(11(16)14-9)6-12-15(10)7-4-3-5-7/h6-7H,2-5H2,1H3,(H,13,14,16). The van der Waals surface area contributed by atoms with E-state index in [1.54, 1.807) is 6.20 Å². The Bertz CT molecular complexity index is 579. The van der Waals surface area contributed by atoms with Crippen LogP contribution in [0.5, 0.6) is 0 Å². The number of hydrogen-bond donors (Lipinski definition) is 1. The van der Waals surface area contributed by atoms with Crippen LogP contribution in [0.2, 0.25) is 0 Å². The molecular weight excluding hydrogens is 204 g/mol. The van der Waals surface area contributed by atoms with E-state index in [2.05, 4.69) is 15.1 Å². The highest BCUT2D eigenvalue weighted by molar-refractivity contribution is 5.73. The molecule has 2 heterocycles. The molecule has 5 nitrogen and oxygen atoms in total. The summed E-state index contributed by atoms with van der Waals surface area (Å²) in [5.74, 6) is 0.735. The fourth-order valence-electron chi connectivity index (χ4n) is 2.05. The van der Waals surface area contributed by atoms with Crippen molar-refractivity contribution in [1.82, 2.24) is 19.7 Å². The summed E-state index contributed by atoms with van der Waals surface area (Å²) >= 11 is 0. The molecule has 1 aliphatic carbocycles. The summed E-state index contributed by atoms with van der Waals surface area (Å²) in [6.45, 7) is 1.98. The van der Waals surface area contributed by atoms with Crippen molar-refractivity contribution in [1.29, 1.82) is 0 Å². The highest BCUT2D eigenvalue weighted by atomic mass is 16.1. The van der Waals surface area contributed by atoms with E-state index in [0.29, 0.717) is 11.4 Å². The smallest absolute Gasteiger partial charge is 0.262 e. The molecule has 3 rings (SSSR count). The second kappa shape index (κ2) is 3.43. The van der Waals surface area contributed by atoms with E-state index in [-0.39, 0.29) is 5.56 Å². The maximum atomic E-state index is 11.8. The fourth-order valence-corrected chi connectivity index (χ4v) is 2.05. The first-order valence-corrected chi connectivity index (χ1v) is 5.76. The SMILES string of the molecule is CCc1nc2c(cnn2C2CCC2)c(=O)[nH]1. The van der Waals surface area contributed by atoms with Gasteiger partial charge in [-0.25, -0.2) is 9.67 Å². The normalized spacial score (nSPS) is 16.6. The number of aryl methyl sites for hydroxylation is 1. The first-order chi connectivity index (χ1) is 7.79. The molecular formula is C11H14N4O. The average Bonchev–Trinajstić information content (AvgIpc) is 2.60.